The Bertz CT molecular complexity index is 1040. The van der Waals surface area contributed by atoms with E-state index in [0.717, 1.165) is 48.2 Å². The summed E-state index contributed by atoms with van der Waals surface area (Å²) in [5.41, 5.74) is 3.53. The van der Waals surface area contributed by atoms with Crippen molar-refractivity contribution < 1.29 is 9.59 Å². The topological polar surface area (TPSA) is 67.2 Å². The summed E-state index contributed by atoms with van der Waals surface area (Å²) in [4.78, 5) is 31.7. The van der Waals surface area contributed by atoms with Gasteiger partial charge in [0.15, 0.2) is 0 Å². The first kappa shape index (κ1) is 22.5. The molecule has 0 radical (unpaired) electrons. The molecular formula is C25H32N4O2. The molecule has 1 aromatic heterocycles. The number of unbranched alkanes of at least 4 members (excludes halogenated alkanes) is 1. The number of para-hydroxylation sites is 2. The van der Waals surface area contributed by atoms with Gasteiger partial charge < -0.3 is 14.8 Å². The molecule has 2 aromatic carbocycles. The number of amides is 2. The zero-order valence-electron chi connectivity index (χ0n) is 18.7. The number of likely N-dealkylation sites (N-methyl/N-ethyl adjacent to an activating group) is 1. The van der Waals surface area contributed by atoms with Gasteiger partial charge in [0.25, 0.3) is 5.91 Å². The molecule has 3 rings (SSSR count). The van der Waals surface area contributed by atoms with Gasteiger partial charge in [0.05, 0.1) is 11.0 Å². The van der Waals surface area contributed by atoms with E-state index in [9.17, 15) is 9.59 Å². The van der Waals surface area contributed by atoms with Gasteiger partial charge in [0, 0.05) is 32.1 Å². The number of fused-ring (bicyclic) bond motifs is 1. The number of rotatable bonds is 10. The van der Waals surface area contributed by atoms with E-state index in [4.69, 9.17) is 4.98 Å². The Labute approximate surface area is 184 Å². The number of imidazole rings is 1. The number of aryl methyl sites for hydroxylation is 2. The highest BCUT2D eigenvalue weighted by atomic mass is 16.2. The van der Waals surface area contributed by atoms with E-state index >= 15 is 0 Å². The summed E-state index contributed by atoms with van der Waals surface area (Å²) in [6.45, 7) is 5.66. The zero-order valence-corrected chi connectivity index (χ0v) is 18.7. The van der Waals surface area contributed by atoms with E-state index < -0.39 is 0 Å². The second-order valence-electron chi connectivity index (χ2n) is 7.95. The molecule has 0 spiro atoms. The Morgan fingerprint density at radius 2 is 1.81 bits per heavy atom. The molecule has 164 valence electrons. The molecule has 0 saturated carbocycles. The molecule has 0 aliphatic rings. The van der Waals surface area contributed by atoms with Crippen molar-refractivity contribution in [3.05, 3.63) is 65.5 Å². The molecule has 31 heavy (non-hydrogen) atoms. The van der Waals surface area contributed by atoms with Crippen molar-refractivity contribution in [1.29, 1.82) is 0 Å². The number of aromatic nitrogens is 2. The molecule has 0 unspecified atom stereocenters. The first-order valence-electron chi connectivity index (χ1n) is 11.0. The van der Waals surface area contributed by atoms with Gasteiger partial charge in [-0.2, -0.15) is 0 Å². The molecule has 6 nitrogen and oxygen atoms in total. The summed E-state index contributed by atoms with van der Waals surface area (Å²) in [7, 11) is 1.86. The zero-order chi connectivity index (χ0) is 22.2. The fourth-order valence-electron chi connectivity index (χ4n) is 3.64. The summed E-state index contributed by atoms with van der Waals surface area (Å²) in [5, 5.41) is 2.99. The van der Waals surface area contributed by atoms with E-state index in [1.165, 1.54) is 0 Å². The predicted molar refractivity (Wildman–Crippen MR) is 124 cm³/mol. The van der Waals surface area contributed by atoms with Gasteiger partial charge in [0.2, 0.25) is 5.91 Å². The van der Waals surface area contributed by atoms with Crippen LogP contribution in [0.3, 0.4) is 0 Å². The van der Waals surface area contributed by atoms with Crippen molar-refractivity contribution in [2.45, 2.75) is 46.1 Å². The lowest BCUT2D eigenvalue weighted by molar-refractivity contribution is -0.130. The Hall–Kier alpha value is -3.15. The minimum atomic E-state index is -0.0562. The third-order valence-electron chi connectivity index (χ3n) is 5.55. The largest absolute Gasteiger partial charge is 0.352 e. The molecule has 0 bridgehead atoms. The van der Waals surface area contributed by atoms with Crippen LogP contribution < -0.4 is 5.32 Å². The monoisotopic (exact) mass is 420 g/mol. The molecule has 6 heteroatoms. The lowest BCUT2D eigenvalue weighted by Crippen LogP contribution is -2.31. The number of benzene rings is 2. The van der Waals surface area contributed by atoms with Gasteiger partial charge in [-0.1, -0.05) is 43.7 Å². The second-order valence-corrected chi connectivity index (χ2v) is 7.95. The maximum absolute atomic E-state index is 12.7. The van der Waals surface area contributed by atoms with E-state index in [-0.39, 0.29) is 18.4 Å². The van der Waals surface area contributed by atoms with Crippen molar-refractivity contribution >= 4 is 22.8 Å². The van der Waals surface area contributed by atoms with Crippen LogP contribution >= 0.6 is 0 Å². The SMILES string of the molecule is CCCCN(C)C(=O)Cn1c(CCCNC(=O)c2ccccc2C)nc2ccccc21. The fraction of sp³-hybridized carbons (Fsp3) is 0.400. The van der Waals surface area contributed by atoms with Crippen LogP contribution in [0.2, 0.25) is 0 Å². The van der Waals surface area contributed by atoms with Crippen LogP contribution in [0.4, 0.5) is 0 Å². The number of nitrogens with zero attached hydrogens (tertiary/aromatic N) is 3. The normalized spacial score (nSPS) is 10.9. The van der Waals surface area contributed by atoms with E-state index in [2.05, 4.69) is 12.2 Å². The minimum Gasteiger partial charge on any atom is -0.352 e. The molecule has 0 fully saturated rings. The van der Waals surface area contributed by atoms with Crippen LogP contribution in [-0.4, -0.2) is 46.4 Å². The smallest absolute Gasteiger partial charge is 0.251 e. The van der Waals surface area contributed by atoms with Crippen LogP contribution in [0.25, 0.3) is 11.0 Å². The highest BCUT2D eigenvalue weighted by Crippen LogP contribution is 2.17. The highest BCUT2D eigenvalue weighted by molar-refractivity contribution is 5.95. The molecule has 3 aromatic rings. The Balaban J connectivity index is 1.65. The van der Waals surface area contributed by atoms with Crippen molar-refractivity contribution in [2.24, 2.45) is 0 Å². The minimum absolute atomic E-state index is 0.0562. The van der Waals surface area contributed by atoms with Crippen LogP contribution in [0, 0.1) is 6.92 Å². The van der Waals surface area contributed by atoms with Gasteiger partial charge in [-0.3, -0.25) is 9.59 Å². The summed E-state index contributed by atoms with van der Waals surface area (Å²) < 4.78 is 2.02. The van der Waals surface area contributed by atoms with Crippen molar-refractivity contribution in [1.82, 2.24) is 19.8 Å². The molecule has 1 N–H and O–H groups in total. The lowest BCUT2D eigenvalue weighted by Gasteiger charge is -2.18. The van der Waals surface area contributed by atoms with Crippen LogP contribution in [0.1, 0.15) is 47.9 Å². The number of nitrogens with one attached hydrogen (secondary N) is 1. The third kappa shape index (κ3) is 5.72. The highest BCUT2D eigenvalue weighted by Gasteiger charge is 2.16. The molecule has 2 amide bonds. The summed E-state index contributed by atoms with van der Waals surface area (Å²) in [5.74, 6) is 0.911. The van der Waals surface area contributed by atoms with Crippen molar-refractivity contribution in [3.63, 3.8) is 0 Å². The Kier molecular flexibility index (Phi) is 7.82. The van der Waals surface area contributed by atoms with Gasteiger partial charge in [-0.15, -0.1) is 0 Å². The van der Waals surface area contributed by atoms with E-state index in [0.29, 0.717) is 18.5 Å². The first-order valence-corrected chi connectivity index (χ1v) is 11.0. The fourth-order valence-corrected chi connectivity index (χ4v) is 3.64. The Morgan fingerprint density at radius 1 is 1.06 bits per heavy atom. The van der Waals surface area contributed by atoms with Crippen molar-refractivity contribution in [2.75, 3.05) is 20.1 Å². The molecule has 0 saturated heterocycles. The lowest BCUT2D eigenvalue weighted by atomic mass is 10.1. The Morgan fingerprint density at radius 3 is 2.58 bits per heavy atom. The van der Waals surface area contributed by atoms with Crippen LogP contribution in [-0.2, 0) is 17.8 Å². The summed E-state index contributed by atoms with van der Waals surface area (Å²) in [6.07, 6.45) is 3.50. The quantitative estimate of drug-likeness (QED) is 0.505. The average Bonchev–Trinajstić information content (AvgIpc) is 3.12. The summed E-state index contributed by atoms with van der Waals surface area (Å²) in [6, 6.07) is 15.5. The molecule has 0 aliphatic heterocycles. The standard InChI is InChI=1S/C25H32N4O2/c1-4-5-17-28(3)24(30)18-29-22-14-9-8-13-21(22)27-23(29)15-10-16-26-25(31)20-12-7-6-11-19(20)2/h6-9,11-14H,4-5,10,15-18H2,1-3H3,(H,26,31). The van der Waals surface area contributed by atoms with E-state index in [1.54, 1.807) is 4.90 Å². The number of hydrogen-bond acceptors (Lipinski definition) is 3. The maximum atomic E-state index is 12.7. The summed E-state index contributed by atoms with van der Waals surface area (Å²) >= 11 is 0. The number of hydrogen-bond donors (Lipinski definition) is 1. The van der Waals surface area contributed by atoms with Crippen LogP contribution in [0.15, 0.2) is 48.5 Å². The van der Waals surface area contributed by atoms with Crippen molar-refractivity contribution in [3.8, 4) is 0 Å². The molecular weight excluding hydrogens is 388 g/mol. The molecule has 0 atom stereocenters. The van der Waals surface area contributed by atoms with Gasteiger partial charge in [0.1, 0.15) is 12.4 Å². The van der Waals surface area contributed by atoms with E-state index in [1.807, 2.05) is 67.1 Å². The predicted octanol–water partition coefficient (Wildman–Crippen LogP) is 3.97. The first-order chi connectivity index (χ1) is 15.0. The molecule has 1 heterocycles. The van der Waals surface area contributed by atoms with Gasteiger partial charge in [-0.05, 0) is 43.5 Å². The second kappa shape index (κ2) is 10.8. The maximum Gasteiger partial charge on any atom is 0.251 e. The number of carbonyl (C=O) groups excluding carboxylic acids is 2. The van der Waals surface area contributed by atoms with Crippen LogP contribution in [0.5, 0.6) is 0 Å². The average molecular weight is 421 g/mol. The van der Waals surface area contributed by atoms with Gasteiger partial charge in [-0.25, -0.2) is 4.98 Å². The molecule has 0 aliphatic carbocycles. The van der Waals surface area contributed by atoms with Gasteiger partial charge >= 0.3 is 0 Å². The third-order valence-corrected chi connectivity index (χ3v) is 5.55. The number of carbonyl (C=O) groups is 2.